The predicted molar refractivity (Wildman–Crippen MR) is 231 cm³/mol. The van der Waals surface area contributed by atoms with Crippen LogP contribution in [0.3, 0.4) is 0 Å². The van der Waals surface area contributed by atoms with E-state index in [9.17, 15) is 0 Å². The topological polar surface area (TPSA) is 102 Å². The van der Waals surface area contributed by atoms with E-state index in [1.54, 1.807) is 24.3 Å². The summed E-state index contributed by atoms with van der Waals surface area (Å²) in [6, 6.07) is 56.3. The maximum Gasteiger partial charge on any atom is 0.488 e. The fourth-order valence-electron chi connectivity index (χ4n) is 6.05. The molecule has 8 nitrogen and oxygen atoms in total. The van der Waals surface area contributed by atoms with Crippen molar-refractivity contribution in [2.75, 3.05) is 0 Å². The van der Waals surface area contributed by atoms with Crippen molar-refractivity contribution in [1.82, 2.24) is 29.5 Å². The lowest BCUT2D eigenvalue weighted by atomic mass is 9.81. The molecule has 0 bridgehead atoms. The molecule has 0 spiro atoms. The molecule has 0 aliphatic carbocycles. The predicted octanol–water partition coefficient (Wildman–Crippen LogP) is 9.91. The molecule has 0 unspecified atom stereocenters. The summed E-state index contributed by atoms with van der Waals surface area (Å²) in [5, 5.41) is 34.9. The Bertz CT molecular complexity index is 2390. The lowest BCUT2D eigenvalue weighted by Crippen LogP contribution is -2.29. The first-order chi connectivity index (χ1) is 27.2. The van der Waals surface area contributed by atoms with Crippen LogP contribution in [-0.2, 0) is 0 Å². The number of rotatable bonds is 8. The van der Waals surface area contributed by atoms with Gasteiger partial charge in [0, 0.05) is 38.8 Å². The van der Waals surface area contributed by atoms with Crippen LogP contribution in [-0.4, -0.2) is 46.7 Å². The molecule has 10 heteroatoms. The number of hydrogen-bond acceptors (Lipinski definition) is 6. The molecule has 6 aromatic carbocycles. The smallest absolute Gasteiger partial charge is 0.423 e. The SMILES string of the molecule is CC(C)c1nnc(-c2ccccc2)n1-c1ccc(-c2ccccc2)cc1.CC(C)c1nnc(-c2ccccc2)n1-c1ccc(Br)cc1.OB(O)c1ccccc1. The van der Waals surface area contributed by atoms with E-state index in [0.717, 1.165) is 50.3 Å². The third kappa shape index (κ3) is 9.83. The highest BCUT2D eigenvalue weighted by molar-refractivity contribution is 9.10. The van der Waals surface area contributed by atoms with Gasteiger partial charge in [0.15, 0.2) is 11.6 Å². The zero-order valence-corrected chi connectivity index (χ0v) is 33.4. The lowest BCUT2D eigenvalue weighted by molar-refractivity contribution is 0.426. The van der Waals surface area contributed by atoms with Gasteiger partial charge in [-0.2, -0.15) is 0 Å². The van der Waals surface area contributed by atoms with Gasteiger partial charge in [0.1, 0.15) is 11.6 Å². The highest BCUT2D eigenvalue weighted by Crippen LogP contribution is 2.29. The van der Waals surface area contributed by atoms with Gasteiger partial charge in [-0.1, -0.05) is 177 Å². The molecule has 0 amide bonds. The summed E-state index contributed by atoms with van der Waals surface area (Å²) in [5.41, 5.74) is 7.24. The van der Waals surface area contributed by atoms with Gasteiger partial charge in [0.05, 0.1) is 0 Å². The zero-order valence-electron chi connectivity index (χ0n) is 31.9. The van der Waals surface area contributed by atoms with Gasteiger partial charge in [-0.25, -0.2) is 0 Å². The average molecular weight is 804 g/mol. The van der Waals surface area contributed by atoms with E-state index in [-0.39, 0.29) is 5.92 Å². The number of nitrogens with zero attached hydrogens (tertiary/aromatic N) is 6. The molecule has 0 aliphatic rings. The quantitative estimate of drug-likeness (QED) is 0.148. The third-order valence-corrected chi connectivity index (χ3v) is 9.42. The van der Waals surface area contributed by atoms with Crippen molar-refractivity contribution in [2.45, 2.75) is 39.5 Å². The van der Waals surface area contributed by atoms with Crippen LogP contribution in [0.25, 0.3) is 45.3 Å². The van der Waals surface area contributed by atoms with E-state index in [2.05, 4.69) is 158 Å². The molecule has 56 heavy (non-hydrogen) atoms. The molecule has 8 rings (SSSR count). The van der Waals surface area contributed by atoms with Gasteiger partial charge in [0.25, 0.3) is 0 Å². The summed E-state index contributed by atoms with van der Waals surface area (Å²) < 4.78 is 5.35. The molecule has 2 heterocycles. The van der Waals surface area contributed by atoms with Crippen LogP contribution in [0, 0.1) is 0 Å². The van der Waals surface area contributed by atoms with Crippen LogP contribution in [0.2, 0.25) is 0 Å². The van der Waals surface area contributed by atoms with E-state index >= 15 is 0 Å². The first-order valence-electron chi connectivity index (χ1n) is 18.6. The molecular weight excluding hydrogens is 759 g/mol. The van der Waals surface area contributed by atoms with Crippen LogP contribution in [0.5, 0.6) is 0 Å². The minimum Gasteiger partial charge on any atom is -0.423 e. The zero-order chi connectivity index (χ0) is 39.4. The molecule has 2 aromatic heterocycles. The van der Waals surface area contributed by atoms with Crippen molar-refractivity contribution in [3.63, 3.8) is 0 Å². The van der Waals surface area contributed by atoms with Crippen LogP contribution in [0.1, 0.15) is 51.2 Å². The molecule has 8 aromatic rings. The van der Waals surface area contributed by atoms with Crippen molar-refractivity contribution in [3.05, 3.63) is 186 Å². The van der Waals surface area contributed by atoms with Crippen molar-refractivity contribution in [2.24, 2.45) is 0 Å². The van der Waals surface area contributed by atoms with Crippen LogP contribution < -0.4 is 5.46 Å². The largest absolute Gasteiger partial charge is 0.488 e. The normalized spacial score (nSPS) is 10.7. The summed E-state index contributed by atoms with van der Waals surface area (Å²) in [6.07, 6.45) is 0. The Morgan fingerprint density at radius 2 is 0.768 bits per heavy atom. The highest BCUT2D eigenvalue weighted by atomic mass is 79.9. The minimum atomic E-state index is -1.34. The Labute approximate surface area is 337 Å². The molecule has 0 aliphatic heterocycles. The molecular formula is C46H44BBrN6O2. The fraction of sp³-hybridized carbons (Fsp3) is 0.130. The van der Waals surface area contributed by atoms with E-state index in [0.29, 0.717) is 11.4 Å². The van der Waals surface area contributed by atoms with Crippen LogP contribution in [0.15, 0.2) is 174 Å². The van der Waals surface area contributed by atoms with Crippen LogP contribution in [0.4, 0.5) is 0 Å². The molecule has 0 radical (unpaired) electrons. The van der Waals surface area contributed by atoms with Crippen molar-refractivity contribution in [3.8, 4) is 45.3 Å². The Balaban J connectivity index is 0.000000158. The Kier molecular flexibility index (Phi) is 13.5. The molecule has 2 N–H and O–H groups in total. The second kappa shape index (κ2) is 19.1. The molecule has 0 atom stereocenters. The molecule has 0 fully saturated rings. The fourth-order valence-corrected chi connectivity index (χ4v) is 6.31. The highest BCUT2D eigenvalue weighted by Gasteiger charge is 2.19. The second-order valence-corrected chi connectivity index (χ2v) is 14.6. The van der Waals surface area contributed by atoms with Gasteiger partial charge in [-0.3, -0.25) is 9.13 Å². The Morgan fingerprint density at radius 1 is 0.429 bits per heavy atom. The standard InChI is InChI=1S/C23H21N3.C17H16BrN3.C6H7BO2/c1-17(2)22-24-25-23(20-11-7-4-8-12-20)26(22)21-15-13-19(14-16-21)18-9-5-3-6-10-18;1-12(2)16-19-20-17(13-6-4-3-5-7-13)21(16)15-10-8-14(18)9-11-15;8-7(9)6-4-2-1-3-5-6/h3-17H,1-2H3;3-12H,1-2H3;1-5,8-9H. The first-order valence-corrected chi connectivity index (χ1v) is 19.3. The average Bonchev–Trinajstić information content (AvgIpc) is 3.90. The number of halogens is 1. The maximum atomic E-state index is 8.58. The molecule has 0 saturated carbocycles. The summed E-state index contributed by atoms with van der Waals surface area (Å²) in [5.74, 6) is 4.28. The van der Waals surface area contributed by atoms with Gasteiger partial charge in [-0.05, 0) is 53.0 Å². The minimum absolute atomic E-state index is 0.286. The number of aromatic nitrogens is 6. The van der Waals surface area contributed by atoms with E-state index in [1.165, 1.54) is 11.1 Å². The summed E-state index contributed by atoms with van der Waals surface area (Å²) in [4.78, 5) is 0. The first kappa shape index (κ1) is 39.7. The Hall–Kier alpha value is -5.94. The number of benzene rings is 6. The third-order valence-electron chi connectivity index (χ3n) is 8.89. The summed E-state index contributed by atoms with van der Waals surface area (Å²) in [6.45, 7) is 8.56. The van der Waals surface area contributed by atoms with Crippen molar-refractivity contribution >= 4 is 28.5 Å². The monoisotopic (exact) mass is 802 g/mol. The van der Waals surface area contributed by atoms with Crippen molar-refractivity contribution < 1.29 is 10.0 Å². The molecule has 0 saturated heterocycles. The second-order valence-electron chi connectivity index (χ2n) is 13.6. The number of hydrogen-bond donors (Lipinski definition) is 2. The Morgan fingerprint density at radius 3 is 1.12 bits per heavy atom. The van der Waals surface area contributed by atoms with Crippen molar-refractivity contribution in [1.29, 1.82) is 0 Å². The summed E-state index contributed by atoms with van der Waals surface area (Å²) in [7, 11) is -1.34. The van der Waals surface area contributed by atoms with Gasteiger partial charge in [-0.15, -0.1) is 20.4 Å². The van der Waals surface area contributed by atoms with Crippen LogP contribution >= 0.6 is 15.9 Å². The molecule has 280 valence electrons. The lowest BCUT2D eigenvalue weighted by Gasteiger charge is -2.13. The van der Waals surface area contributed by atoms with E-state index < -0.39 is 7.12 Å². The summed E-state index contributed by atoms with van der Waals surface area (Å²) >= 11 is 3.48. The van der Waals surface area contributed by atoms with E-state index in [4.69, 9.17) is 10.0 Å². The maximum absolute atomic E-state index is 8.58. The van der Waals surface area contributed by atoms with Gasteiger partial charge >= 0.3 is 7.12 Å². The van der Waals surface area contributed by atoms with Gasteiger partial charge < -0.3 is 10.0 Å². The van der Waals surface area contributed by atoms with E-state index in [1.807, 2.05) is 60.7 Å². The van der Waals surface area contributed by atoms with Gasteiger partial charge in [0.2, 0.25) is 0 Å².